The number of hydrogen-bond acceptors (Lipinski definition) is 4. The lowest BCUT2D eigenvalue weighted by molar-refractivity contribution is 0.617. The molecule has 4 aromatic heterocycles. The van der Waals surface area contributed by atoms with Crippen LogP contribution in [0.3, 0.4) is 0 Å². The normalized spacial score (nSPS) is 12.8. The fourth-order valence-corrected chi connectivity index (χ4v) is 3.47. The molecule has 0 spiro atoms. The van der Waals surface area contributed by atoms with E-state index in [0.29, 0.717) is 5.65 Å². The van der Waals surface area contributed by atoms with Crippen molar-refractivity contribution < 1.29 is 0 Å². The van der Waals surface area contributed by atoms with E-state index in [4.69, 9.17) is 4.98 Å². The van der Waals surface area contributed by atoms with Gasteiger partial charge in [-0.3, -0.25) is 9.89 Å². The van der Waals surface area contributed by atoms with Crippen molar-refractivity contribution in [1.29, 1.82) is 0 Å². The van der Waals surface area contributed by atoms with E-state index < -0.39 is 0 Å². The van der Waals surface area contributed by atoms with Crippen molar-refractivity contribution in [3.05, 3.63) is 63.9 Å². The molecule has 4 heterocycles. The van der Waals surface area contributed by atoms with Gasteiger partial charge in [0.25, 0.3) is 5.56 Å². The third-order valence-electron chi connectivity index (χ3n) is 4.04. The Balaban J connectivity index is 1.91. The molecule has 0 saturated carbocycles. The third-order valence-corrected chi connectivity index (χ3v) is 4.93. The summed E-state index contributed by atoms with van der Waals surface area (Å²) in [6.45, 7) is 3.99. The van der Waals surface area contributed by atoms with Crippen molar-refractivity contribution >= 4 is 17.0 Å². The molecular formula is C16H15N5OS. The molecule has 4 rings (SSSR count). The molecule has 0 unspecified atom stereocenters. The Morgan fingerprint density at radius 3 is 2.96 bits per heavy atom. The van der Waals surface area contributed by atoms with Crippen LogP contribution in [-0.2, 0) is 0 Å². The summed E-state index contributed by atoms with van der Waals surface area (Å²) in [4.78, 5) is 22.3. The minimum atomic E-state index is -0.108. The molecular weight excluding hydrogens is 310 g/mol. The highest BCUT2D eigenvalue weighted by molar-refractivity contribution is 7.13. The zero-order chi connectivity index (χ0) is 16.0. The molecule has 0 aliphatic heterocycles. The Bertz CT molecular complexity index is 1010. The Hall–Kier alpha value is -2.67. The molecule has 4 aromatic rings. The summed E-state index contributed by atoms with van der Waals surface area (Å²) in [5.74, 6) is 0. The molecule has 1 N–H and O–H groups in total. The van der Waals surface area contributed by atoms with E-state index in [1.54, 1.807) is 29.9 Å². The summed E-state index contributed by atoms with van der Waals surface area (Å²) in [7, 11) is 0. The predicted octanol–water partition coefficient (Wildman–Crippen LogP) is 2.87. The fourth-order valence-electron chi connectivity index (χ4n) is 2.69. The van der Waals surface area contributed by atoms with Gasteiger partial charge in [-0.05, 0) is 25.3 Å². The predicted molar refractivity (Wildman–Crippen MR) is 89.9 cm³/mol. The maximum atomic E-state index is 12.5. The van der Waals surface area contributed by atoms with Gasteiger partial charge in [0.2, 0.25) is 0 Å². The summed E-state index contributed by atoms with van der Waals surface area (Å²) in [6, 6.07) is 5.55. The standard InChI is InChI=1S/C16H15N5OS/c1-10-15(13-4-3-7-23-13)19-21-14(22)8-12(18-16(10)21)11(2)20-6-5-17-9-20/h3-9,11,19H,1-2H3/t11-/m1/s1. The van der Waals surface area contributed by atoms with Gasteiger partial charge in [-0.25, -0.2) is 14.5 Å². The highest BCUT2D eigenvalue weighted by Gasteiger charge is 2.16. The van der Waals surface area contributed by atoms with Crippen LogP contribution in [-0.4, -0.2) is 24.1 Å². The summed E-state index contributed by atoms with van der Waals surface area (Å²) >= 11 is 1.63. The number of H-pyrrole nitrogens is 1. The number of aryl methyl sites for hydroxylation is 1. The molecule has 1 atom stereocenters. The summed E-state index contributed by atoms with van der Waals surface area (Å²) < 4.78 is 3.44. The molecule has 0 radical (unpaired) electrons. The Labute approximate surface area is 136 Å². The van der Waals surface area contributed by atoms with Crippen molar-refractivity contribution in [2.45, 2.75) is 19.9 Å². The van der Waals surface area contributed by atoms with Gasteiger partial charge >= 0.3 is 0 Å². The quantitative estimate of drug-likeness (QED) is 0.630. The number of rotatable bonds is 3. The minimum Gasteiger partial charge on any atom is -0.329 e. The zero-order valence-electron chi connectivity index (χ0n) is 12.7. The molecule has 0 bridgehead atoms. The van der Waals surface area contributed by atoms with Crippen LogP contribution >= 0.6 is 11.3 Å². The highest BCUT2D eigenvalue weighted by atomic mass is 32.1. The number of imidazole rings is 1. The number of aromatic amines is 1. The Morgan fingerprint density at radius 2 is 2.26 bits per heavy atom. The summed E-state index contributed by atoms with van der Waals surface area (Å²) in [5, 5.41) is 5.19. The average Bonchev–Trinajstić information content (AvgIpc) is 3.28. The third kappa shape index (κ3) is 2.20. The van der Waals surface area contributed by atoms with Crippen molar-refractivity contribution in [1.82, 2.24) is 24.1 Å². The molecule has 0 aromatic carbocycles. The maximum Gasteiger partial charge on any atom is 0.272 e. The Kier molecular flexibility index (Phi) is 3.16. The van der Waals surface area contributed by atoms with Crippen LogP contribution in [0, 0.1) is 6.92 Å². The second-order valence-electron chi connectivity index (χ2n) is 5.45. The van der Waals surface area contributed by atoms with E-state index in [1.807, 2.05) is 42.1 Å². The van der Waals surface area contributed by atoms with Crippen molar-refractivity contribution in [3.8, 4) is 10.6 Å². The van der Waals surface area contributed by atoms with Gasteiger partial charge in [-0.1, -0.05) is 6.07 Å². The van der Waals surface area contributed by atoms with Crippen LogP contribution in [0.1, 0.15) is 24.2 Å². The van der Waals surface area contributed by atoms with E-state index in [1.165, 1.54) is 4.52 Å². The maximum absolute atomic E-state index is 12.5. The molecule has 6 nitrogen and oxygen atoms in total. The van der Waals surface area contributed by atoms with Gasteiger partial charge in [0.1, 0.15) is 0 Å². The topological polar surface area (TPSA) is 68.0 Å². The number of nitrogens with one attached hydrogen (secondary N) is 1. The van der Waals surface area contributed by atoms with Crippen LogP contribution in [0.2, 0.25) is 0 Å². The van der Waals surface area contributed by atoms with Gasteiger partial charge < -0.3 is 4.57 Å². The molecule has 0 saturated heterocycles. The monoisotopic (exact) mass is 325 g/mol. The van der Waals surface area contributed by atoms with Crippen molar-refractivity contribution in [2.24, 2.45) is 0 Å². The van der Waals surface area contributed by atoms with Gasteiger partial charge in [-0.15, -0.1) is 11.3 Å². The number of aromatic nitrogens is 5. The van der Waals surface area contributed by atoms with Gasteiger partial charge in [0.15, 0.2) is 5.65 Å². The number of thiophene rings is 1. The van der Waals surface area contributed by atoms with Crippen molar-refractivity contribution in [2.75, 3.05) is 0 Å². The molecule has 0 aliphatic carbocycles. The largest absolute Gasteiger partial charge is 0.329 e. The lowest BCUT2D eigenvalue weighted by atomic mass is 10.2. The average molecular weight is 325 g/mol. The van der Waals surface area contributed by atoms with Crippen LogP contribution in [0.15, 0.2) is 47.1 Å². The van der Waals surface area contributed by atoms with E-state index in [9.17, 15) is 4.79 Å². The molecule has 0 amide bonds. The summed E-state index contributed by atoms with van der Waals surface area (Å²) in [6.07, 6.45) is 5.32. The summed E-state index contributed by atoms with van der Waals surface area (Å²) in [5.41, 5.74) is 3.21. The van der Waals surface area contributed by atoms with Crippen LogP contribution in [0.25, 0.3) is 16.2 Å². The first-order valence-electron chi connectivity index (χ1n) is 7.29. The van der Waals surface area contributed by atoms with Crippen LogP contribution < -0.4 is 5.56 Å². The van der Waals surface area contributed by atoms with Crippen LogP contribution in [0.4, 0.5) is 0 Å². The van der Waals surface area contributed by atoms with Gasteiger partial charge in [0, 0.05) is 24.0 Å². The number of fused-ring (bicyclic) bond motifs is 1. The lowest BCUT2D eigenvalue weighted by Crippen LogP contribution is -2.18. The molecule has 0 aliphatic rings. The molecule has 0 fully saturated rings. The SMILES string of the molecule is Cc1c(-c2cccs2)[nH]n2c(=O)cc([C@@H](C)n3ccnc3)nc12. The highest BCUT2D eigenvalue weighted by Crippen LogP contribution is 2.28. The van der Waals surface area contributed by atoms with E-state index in [2.05, 4.69) is 10.1 Å². The Morgan fingerprint density at radius 1 is 1.39 bits per heavy atom. The van der Waals surface area contributed by atoms with Gasteiger partial charge in [-0.2, -0.15) is 0 Å². The first-order valence-corrected chi connectivity index (χ1v) is 8.16. The lowest BCUT2D eigenvalue weighted by Gasteiger charge is -2.12. The number of nitrogens with zero attached hydrogens (tertiary/aromatic N) is 4. The van der Waals surface area contributed by atoms with Gasteiger partial charge in [0.05, 0.1) is 28.6 Å². The first-order chi connectivity index (χ1) is 11.1. The molecule has 23 heavy (non-hydrogen) atoms. The van der Waals surface area contributed by atoms with Crippen LogP contribution in [0.5, 0.6) is 0 Å². The first kappa shape index (κ1) is 14.0. The second kappa shape index (κ2) is 5.20. The zero-order valence-corrected chi connectivity index (χ0v) is 13.5. The van der Waals surface area contributed by atoms with E-state index in [0.717, 1.165) is 21.8 Å². The minimum absolute atomic E-state index is 0.0466. The smallest absolute Gasteiger partial charge is 0.272 e. The number of hydrogen-bond donors (Lipinski definition) is 1. The van der Waals surface area contributed by atoms with E-state index in [-0.39, 0.29) is 11.6 Å². The van der Waals surface area contributed by atoms with Crippen molar-refractivity contribution in [3.63, 3.8) is 0 Å². The molecule has 116 valence electrons. The second-order valence-corrected chi connectivity index (χ2v) is 6.40. The molecule has 7 heteroatoms. The fraction of sp³-hybridized carbons (Fsp3) is 0.188. The van der Waals surface area contributed by atoms with E-state index >= 15 is 0 Å².